The van der Waals surface area contributed by atoms with Crippen molar-refractivity contribution in [1.29, 1.82) is 0 Å². The number of aromatic nitrogens is 3. The highest BCUT2D eigenvalue weighted by atomic mass is 35.5. The molecule has 0 saturated carbocycles. The number of rotatable bonds is 4. The normalized spacial score (nSPS) is 11.2. The first kappa shape index (κ1) is 16.6. The van der Waals surface area contributed by atoms with Crippen LogP contribution in [0.25, 0.3) is 22.4 Å². The fourth-order valence-electron chi connectivity index (χ4n) is 2.90. The third-order valence-electron chi connectivity index (χ3n) is 4.37. The summed E-state index contributed by atoms with van der Waals surface area (Å²) >= 11 is 6.30. The maximum absolute atomic E-state index is 6.30. The van der Waals surface area contributed by atoms with E-state index < -0.39 is 0 Å². The van der Waals surface area contributed by atoms with Crippen molar-refractivity contribution in [3.63, 3.8) is 0 Å². The van der Waals surface area contributed by atoms with Gasteiger partial charge in [-0.25, -0.2) is 9.97 Å². The number of anilines is 2. The molecule has 130 valence electrons. The molecule has 0 fully saturated rings. The zero-order valence-corrected chi connectivity index (χ0v) is 15.4. The SMILES string of the molecule is CC(C)c1ccc(Nc2nccc3[nH]c(-c4ccccc4Cl)nc23)cc1. The van der Waals surface area contributed by atoms with Crippen LogP contribution in [0.15, 0.2) is 60.8 Å². The van der Waals surface area contributed by atoms with Crippen molar-refractivity contribution in [2.24, 2.45) is 0 Å². The fraction of sp³-hybridized carbons (Fsp3) is 0.143. The van der Waals surface area contributed by atoms with Crippen molar-refractivity contribution in [2.75, 3.05) is 5.32 Å². The topological polar surface area (TPSA) is 53.6 Å². The van der Waals surface area contributed by atoms with Gasteiger partial charge in [0.05, 0.1) is 10.5 Å². The molecule has 4 aromatic rings. The summed E-state index contributed by atoms with van der Waals surface area (Å²) in [5.41, 5.74) is 4.86. The molecule has 0 radical (unpaired) electrons. The molecular formula is C21H19ClN4. The lowest BCUT2D eigenvalue weighted by Crippen LogP contribution is -1.95. The third kappa shape index (κ3) is 3.16. The average Bonchev–Trinajstić information content (AvgIpc) is 3.07. The first-order valence-corrected chi connectivity index (χ1v) is 8.96. The van der Waals surface area contributed by atoms with Crippen LogP contribution in [0.2, 0.25) is 5.02 Å². The van der Waals surface area contributed by atoms with Gasteiger partial charge < -0.3 is 10.3 Å². The van der Waals surface area contributed by atoms with Gasteiger partial charge in [0.25, 0.3) is 0 Å². The fourth-order valence-corrected chi connectivity index (χ4v) is 3.12. The highest BCUT2D eigenvalue weighted by molar-refractivity contribution is 6.33. The molecule has 2 N–H and O–H groups in total. The maximum atomic E-state index is 6.30. The molecular weight excluding hydrogens is 344 g/mol. The van der Waals surface area contributed by atoms with Gasteiger partial charge in [-0.15, -0.1) is 0 Å². The highest BCUT2D eigenvalue weighted by Crippen LogP contribution is 2.30. The van der Waals surface area contributed by atoms with Crippen LogP contribution in [0.3, 0.4) is 0 Å². The van der Waals surface area contributed by atoms with Gasteiger partial charge in [0.15, 0.2) is 5.82 Å². The van der Waals surface area contributed by atoms with Crippen molar-refractivity contribution in [2.45, 2.75) is 19.8 Å². The van der Waals surface area contributed by atoms with Gasteiger partial charge in [0, 0.05) is 17.4 Å². The van der Waals surface area contributed by atoms with E-state index in [4.69, 9.17) is 16.6 Å². The van der Waals surface area contributed by atoms with Crippen LogP contribution in [0, 0.1) is 0 Å². The van der Waals surface area contributed by atoms with E-state index in [2.05, 4.69) is 53.4 Å². The van der Waals surface area contributed by atoms with Crippen molar-refractivity contribution in [1.82, 2.24) is 15.0 Å². The summed E-state index contributed by atoms with van der Waals surface area (Å²) in [4.78, 5) is 12.5. The Balaban J connectivity index is 1.71. The zero-order chi connectivity index (χ0) is 18.1. The lowest BCUT2D eigenvalue weighted by molar-refractivity contribution is 0.867. The van der Waals surface area contributed by atoms with Crippen LogP contribution in [-0.4, -0.2) is 15.0 Å². The predicted molar refractivity (Wildman–Crippen MR) is 108 cm³/mol. The number of benzene rings is 2. The minimum absolute atomic E-state index is 0.509. The smallest absolute Gasteiger partial charge is 0.158 e. The molecule has 0 unspecified atom stereocenters. The number of hydrogen-bond donors (Lipinski definition) is 2. The second-order valence-corrected chi connectivity index (χ2v) is 6.93. The Morgan fingerprint density at radius 2 is 1.77 bits per heavy atom. The van der Waals surface area contributed by atoms with Gasteiger partial charge in [0.1, 0.15) is 11.3 Å². The van der Waals surface area contributed by atoms with E-state index in [-0.39, 0.29) is 0 Å². The van der Waals surface area contributed by atoms with Crippen molar-refractivity contribution < 1.29 is 0 Å². The number of H-pyrrole nitrogens is 1. The molecule has 4 rings (SSSR count). The molecule has 2 heterocycles. The Bertz CT molecular complexity index is 1050. The van der Waals surface area contributed by atoms with E-state index in [1.807, 2.05) is 30.3 Å². The molecule has 0 spiro atoms. The molecule has 0 bridgehead atoms. The molecule has 4 nitrogen and oxygen atoms in total. The van der Waals surface area contributed by atoms with Gasteiger partial charge in [-0.3, -0.25) is 0 Å². The Morgan fingerprint density at radius 3 is 2.50 bits per heavy atom. The predicted octanol–water partition coefficient (Wildman–Crippen LogP) is 6.15. The molecule has 0 aliphatic carbocycles. The number of hydrogen-bond acceptors (Lipinski definition) is 3. The maximum Gasteiger partial charge on any atom is 0.158 e. The molecule has 2 aromatic carbocycles. The lowest BCUT2D eigenvalue weighted by Gasteiger charge is -2.09. The second kappa shape index (κ2) is 6.81. The molecule has 26 heavy (non-hydrogen) atoms. The largest absolute Gasteiger partial charge is 0.338 e. The minimum atomic E-state index is 0.509. The van der Waals surface area contributed by atoms with E-state index in [9.17, 15) is 0 Å². The Morgan fingerprint density at radius 1 is 1.00 bits per heavy atom. The number of pyridine rings is 1. The van der Waals surface area contributed by atoms with Gasteiger partial charge >= 0.3 is 0 Å². The highest BCUT2D eigenvalue weighted by Gasteiger charge is 2.12. The molecule has 0 aliphatic heterocycles. The molecule has 0 aliphatic rings. The van der Waals surface area contributed by atoms with E-state index in [1.54, 1.807) is 6.20 Å². The van der Waals surface area contributed by atoms with Gasteiger partial charge in [0.2, 0.25) is 0 Å². The van der Waals surface area contributed by atoms with Crippen LogP contribution in [0.5, 0.6) is 0 Å². The molecule has 0 saturated heterocycles. The monoisotopic (exact) mass is 362 g/mol. The molecule has 2 aromatic heterocycles. The van der Waals surface area contributed by atoms with Crippen LogP contribution in [0.4, 0.5) is 11.5 Å². The first-order chi connectivity index (χ1) is 12.6. The average molecular weight is 363 g/mol. The number of nitrogens with zero attached hydrogens (tertiary/aromatic N) is 2. The number of fused-ring (bicyclic) bond motifs is 1. The summed E-state index contributed by atoms with van der Waals surface area (Å²) < 4.78 is 0. The summed E-state index contributed by atoms with van der Waals surface area (Å²) in [5.74, 6) is 1.96. The Labute approximate surface area is 157 Å². The number of halogens is 1. The quantitative estimate of drug-likeness (QED) is 0.458. The lowest BCUT2D eigenvalue weighted by atomic mass is 10.0. The zero-order valence-electron chi connectivity index (χ0n) is 14.6. The summed E-state index contributed by atoms with van der Waals surface area (Å²) in [6, 6.07) is 18.0. The Hall–Kier alpha value is -2.85. The summed E-state index contributed by atoms with van der Waals surface area (Å²) in [7, 11) is 0. The minimum Gasteiger partial charge on any atom is -0.338 e. The first-order valence-electron chi connectivity index (χ1n) is 8.58. The molecule has 0 amide bonds. The van der Waals surface area contributed by atoms with Crippen molar-refractivity contribution >= 4 is 34.1 Å². The van der Waals surface area contributed by atoms with Crippen LogP contribution >= 0.6 is 11.6 Å². The third-order valence-corrected chi connectivity index (χ3v) is 4.70. The van der Waals surface area contributed by atoms with Crippen molar-refractivity contribution in [3.8, 4) is 11.4 Å². The Kier molecular flexibility index (Phi) is 4.35. The number of nitrogens with one attached hydrogen (secondary N) is 2. The molecule has 0 atom stereocenters. The summed E-state index contributed by atoms with van der Waals surface area (Å²) in [6.07, 6.45) is 1.77. The second-order valence-electron chi connectivity index (χ2n) is 6.52. The number of aromatic amines is 1. The van der Waals surface area contributed by atoms with E-state index in [1.165, 1.54) is 5.56 Å². The van der Waals surface area contributed by atoms with E-state index in [0.29, 0.717) is 16.8 Å². The number of imidazole rings is 1. The van der Waals surface area contributed by atoms with Crippen molar-refractivity contribution in [3.05, 3.63) is 71.4 Å². The van der Waals surface area contributed by atoms with Crippen LogP contribution in [-0.2, 0) is 0 Å². The summed E-state index contributed by atoms with van der Waals surface area (Å²) in [6.45, 7) is 4.37. The van der Waals surface area contributed by atoms with Gasteiger partial charge in [-0.05, 0) is 41.8 Å². The van der Waals surface area contributed by atoms with Gasteiger partial charge in [-0.1, -0.05) is 49.7 Å². The standard InChI is InChI=1S/C21H19ClN4/c1-13(2)14-7-9-15(10-8-14)24-21-19-18(11-12-23-21)25-20(26-19)16-5-3-4-6-17(16)22/h3-13H,1-2H3,(H,23,24)(H,25,26). The van der Waals surface area contributed by atoms with Gasteiger partial charge in [-0.2, -0.15) is 0 Å². The van der Waals surface area contributed by atoms with Crippen LogP contribution < -0.4 is 5.32 Å². The van der Waals surface area contributed by atoms with Crippen LogP contribution in [0.1, 0.15) is 25.3 Å². The summed E-state index contributed by atoms with van der Waals surface area (Å²) in [5, 5.41) is 4.03. The molecule has 5 heteroatoms. The van der Waals surface area contributed by atoms with E-state index in [0.717, 1.165) is 28.1 Å². The van der Waals surface area contributed by atoms with E-state index >= 15 is 0 Å².